The normalized spacial score (nSPS) is 11.4. The molecule has 40 heavy (non-hydrogen) atoms. The van der Waals surface area contributed by atoms with Crippen LogP contribution in [0.15, 0.2) is 35.3 Å². The number of aryl methyl sites for hydroxylation is 1. The number of rotatable bonds is 19. The maximum atomic E-state index is 13.0. The maximum absolute atomic E-state index is 13.0. The monoisotopic (exact) mass is 618 g/mol. The van der Waals surface area contributed by atoms with Crippen molar-refractivity contribution in [3.05, 3.63) is 61.4 Å². The molecule has 220 valence electrons. The molecule has 0 spiro atoms. The number of para-hydroxylation sites is 1. The zero-order valence-corrected chi connectivity index (χ0v) is 24.5. The van der Waals surface area contributed by atoms with Crippen LogP contribution in [0.25, 0.3) is 16.6 Å². The van der Waals surface area contributed by atoms with E-state index in [0.717, 1.165) is 0 Å². The molecule has 0 unspecified atom stereocenters. The molecule has 1 aromatic carbocycles. The number of nitrogens with zero attached hydrogens (tertiary/aromatic N) is 2. The summed E-state index contributed by atoms with van der Waals surface area (Å²) in [5.74, 6) is 0.139. The van der Waals surface area contributed by atoms with Gasteiger partial charge in [-0.3, -0.25) is 4.79 Å². The largest absolute Gasteiger partial charge is 0.475 e. The predicted octanol–water partition coefficient (Wildman–Crippen LogP) is 4.11. The van der Waals surface area contributed by atoms with Crippen molar-refractivity contribution in [3.63, 3.8) is 0 Å². The molecule has 0 saturated carbocycles. The van der Waals surface area contributed by atoms with Gasteiger partial charge in [-0.05, 0) is 19.1 Å². The molecule has 0 bridgehead atoms. The lowest BCUT2D eigenvalue weighted by Gasteiger charge is -2.19. The molecule has 3 rings (SSSR count). The molecular weight excluding hydrogens is 587 g/mol. The van der Waals surface area contributed by atoms with Gasteiger partial charge >= 0.3 is 0 Å². The van der Waals surface area contributed by atoms with Crippen molar-refractivity contribution < 1.29 is 33.5 Å². The molecule has 2 aromatic heterocycles. The van der Waals surface area contributed by atoms with Crippen molar-refractivity contribution >= 4 is 45.7 Å². The number of hydrogen-bond donors (Lipinski definition) is 1. The van der Waals surface area contributed by atoms with E-state index in [1.54, 1.807) is 29.7 Å². The maximum Gasteiger partial charge on any atom is 0.227 e. The Bertz CT molecular complexity index is 1250. The topological polar surface area (TPSA) is 111 Å². The van der Waals surface area contributed by atoms with Gasteiger partial charge in [0.05, 0.1) is 105 Å². The van der Waals surface area contributed by atoms with Crippen LogP contribution < -0.4 is 10.2 Å². The summed E-state index contributed by atoms with van der Waals surface area (Å²) in [6, 6.07) is 6.63. The van der Waals surface area contributed by atoms with Crippen molar-refractivity contribution in [2.45, 2.75) is 6.92 Å². The number of halogens is 3. The Labute approximate surface area is 247 Å². The van der Waals surface area contributed by atoms with Gasteiger partial charge < -0.3 is 38.1 Å². The molecule has 0 atom stereocenters. The van der Waals surface area contributed by atoms with Gasteiger partial charge in [-0.15, -0.1) is 0 Å². The lowest BCUT2D eigenvalue weighted by Crippen LogP contribution is -2.16. The average molecular weight is 620 g/mol. The Morgan fingerprint density at radius 3 is 1.80 bits per heavy atom. The Morgan fingerprint density at radius 2 is 1.27 bits per heavy atom. The molecule has 0 fully saturated rings. The molecule has 2 heterocycles. The predicted molar refractivity (Wildman–Crippen MR) is 154 cm³/mol. The first kappa shape index (κ1) is 32.5. The summed E-state index contributed by atoms with van der Waals surface area (Å²) in [5, 5.41) is 9.89. The number of hydrogen-bond acceptors (Lipinski definition) is 9. The van der Waals surface area contributed by atoms with Crippen LogP contribution in [0.4, 0.5) is 0 Å². The van der Waals surface area contributed by atoms with Crippen LogP contribution in [-0.4, -0.2) is 93.9 Å². The molecule has 10 nitrogen and oxygen atoms in total. The van der Waals surface area contributed by atoms with E-state index in [-0.39, 0.29) is 41.5 Å². The molecule has 3 aromatic rings. The fourth-order valence-electron chi connectivity index (χ4n) is 3.75. The zero-order valence-electron chi connectivity index (χ0n) is 22.2. The van der Waals surface area contributed by atoms with Crippen LogP contribution in [0.1, 0.15) is 5.69 Å². The Hall–Kier alpha value is -1.99. The van der Waals surface area contributed by atoms with E-state index in [1.165, 1.54) is 12.3 Å². The number of aromatic nitrogens is 2. The van der Waals surface area contributed by atoms with Crippen LogP contribution in [0, 0.1) is 6.92 Å². The van der Waals surface area contributed by atoms with Crippen molar-refractivity contribution in [2.75, 3.05) is 79.3 Å². The summed E-state index contributed by atoms with van der Waals surface area (Å²) >= 11 is 19.4. The second-order valence-corrected chi connectivity index (χ2v) is 9.55. The summed E-state index contributed by atoms with van der Waals surface area (Å²) in [5.41, 5.74) is 1.23. The standard InChI is InChI=1S/C27H33Cl3N2O8/c1-19-17-23(34)24-26(32(19)25-20(28)3-2-4-21(25)29)22(30)18-31-27(24)40-16-15-39-14-13-38-12-11-37-10-9-36-8-7-35-6-5-33/h2-4,17-18,33H,5-16H2,1H3. The van der Waals surface area contributed by atoms with Gasteiger partial charge in [0.1, 0.15) is 12.0 Å². The number of ether oxygens (including phenoxy) is 6. The smallest absolute Gasteiger partial charge is 0.227 e. The van der Waals surface area contributed by atoms with Gasteiger partial charge in [0.15, 0.2) is 5.43 Å². The number of aliphatic hydroxyl groups excluding tert-OH is 1. The summed E-state index contributed by atoms with van der Waals surface area (Å²) in [4.78, 5) is 17.2. The third kappa shape index (κ3) is 9.54. The van der Waals surface area contributed by atoms with E-state index in [0.29, 0.717) is 86.4 Å². The minimum absolute atomic E-state index is 0.00558. The molecule has 0 radical (unpaired) electrons. The molecular formula is C27H33Cl3N2O8. The highest BCUT2D eigenvalue weighted by Gasteiger charge is 2.20. The molecule has 1 N–H and O–H groups in total. The molecule has 0 aliphatic heterocycles. The van der Waals surface area contributed by atoms with E-state index < -0.39 is 0 Å². The second kappa shape index (κ2) is 17.7. The first-order valence-corrected chi connectivity index (χ1v) is 13.9. The Balaban J connectivity index is 1.42. The second-order valence-electron chi connectivity index (χ2n) is 8.32. The SMILES string of the molecule is Cc1cc(=O)c2c(OCCOCCOCCOCCOCCOCCO)ncc(Cl)c2n1-c1c(Cl)cccc1Cl. The van der Waals surface area contributed by atoms with Gasteiger partial charge in [-0.25, -0.2) is 4.98 Å². The molecule has 13 heteroatoms. The first-order valence-electron chi connectivity index (χ1n) is 12.7. The summed E-state index contributed by atoms with van der Waals surface area (Å²) in [7, 11) is 0. The van der Waals surface area contributed by atoms with Gasteiger partial charge in [-0.1, -0.05) is 40.9 Å². The van der Waals surface area contributed by atoms with Crippen LogP contribution >= 0.6 is 34.8 Å². The molecule has 0 amide bonds. The third-order valence-electron chi connectivity index (χ3n) is 5.49. The van der Waals surface area contributed by atoms with Crippen LogP contribution in [0.2, 0.25) is 15.1 Å². The van der Waals surface area contributed by atoms with E-state index >= 15 is 0 Å². The highest BCUT2D eigenvalue weighted by molar-refractivity contribution is 6.38. The number of fused-ring (bicyclic) bond motifs is 1. The molecule has 0 saturated heterocycles. The van der Waals surface area contributed by atoms with Crippen molar-refractivity contribution in [1.29, 1.82) is 0 Å². The number of aliphatic hydroxyl groups is 1. The van der Waals surface area contributed by atoms with E-state index in [4.69, 9.17) is 68.3 Å². The number of benzene rings is 1. The zero-order chi connectivity index (χ0) is 28.7. The van der Waals surface area contributed by atoms with Gasteiger partial charge in [0, 0.05) is 11.8 Å². The van der Waals surface area contributed by atoms with Crippen LogP contribution in [0.5, 0.6) is 5.88 Å². The minimum Gasteiger partial charge on any atom is -0.475 e. The van der Waals surface area contributed by atoms with Crippen molar-refractivity contribution in [3.8, 4) is 11.6 Å². The van der Waals surface area contributed by atoms with E-state index in [1.807, 2.05) is 0 Å². The van der Waals surface area contributed by atoms with E-state index in [2.05, 4.69) is 4.98 Å². The summed E-state index contributed by atoms with van der Waals surface area (Å²) in [6.07, 6.45) is 1.43. The third-order valence-corrected chi connectivity index (χ3v) is 6.37. The Kier molecular flexibility index (Phi) is 14.4. The lowest BCUT2D eigenvalue weighted by atomic mass is 10.2. The molecule has 0 aliphatic rings. The van der Waals surface area contributed by atoms with Crippen LogP contribution in [0.3, 0.4) is 0 Å². The Morgan fingerprint density at radius 1 is 0.775 bits per heavy atom. The highest BCUT2D eigenvalue weighted by atomic mass is 35.5. The minimum atomic E-state index is -0.285. The van der Waals surface area contributed by atoms with Gasteiger partial charge in [0.2, 0.25) is 5.88 Å². The fourth-order valence-corrected chi connectivity index (χ4v) is 4.54. The van der Waals surface area contributed by atoms with Crippen molar-refractivity contribution in [2.24, 2.45) is 0 Å². The van der Waals surface area contributed by atoms with Crippen molar-refractivity contribution in [1.82, 2.24) is 9.55 Å². The quantitative estimate of drug-likeness (QED) is 0.198. The first-order chi connectivity index (χ1) is 19.5. The van der Waals surface area contributed by atoms with Gasteiger partial charge in [-0.2, -0.15) is 0 Å². The average Bonchev–Trinajstić information content (AvgIpc) is 2.92. The van der Waals surface area contributed by atoms with Crippen LogP contribution in [-0.2, 0) is 23.7 Å². The summed E-state index contributed by atoms with van der Waals surface area (Å²) < 4.78 is 34.4. The fraction of sp³-hybridized carbons (Fsp3) is 0.481. The van der Waals surface area contributed by atoms with E-state index in [9.17, 15) is 4.79 Å². The highest BCUT2D eigenvalue weighted by Crippen LogP contribution is 2.35. The summed E-state index contributed by atoms with van der Waals surface area (Å²) in [6.45, 7) is 5.98. The molecule has 0 aliphatic carbocycles. The number of pyridine rings is 2. The van der Waals surface area contributed by atoms with Gasteiger partial charge in [0.25, 0.3) is 0 Å². The lowest BCUT2D eigenvalue weighted by molar-refractivity contribution is -0.0147.